The van der Waals surface area contributed by atoms with Crippen molar-refractivity contribution < 1.29 is 14.7 Å². The third kappa shape index (κ3) is 3.08. The zero-order chi connectivity index (χ0) is 15.9. The van der Waals surface area contributed by atoms with Crippen LogP contribution in [0.2, 0.25) is 10.0 Å². The van der Waals surface area contributed by atoms with Crippen LogP contribution in [0.1, 0.15) is 30.7 Å². The molecule has 2 aliphatic rings. The first kappa shape index (κ1) is 15.6. The van der Waals surface area contributed by atoms with E-state index in [0.29, 0.717) is 29.6 Å². The van der Waals surface area contributed by atoms with E-state index in [4.69, 9.17) is 28.3 Å². The molecule has 1 amide bonds. The third-order valence-corrected chi connectivity index (χ3v) is 5.30. The normalized spacial score (nSPS) is 27.5. The largest absolute Gasteiger partial charge is 0.481 e. The summed E-state index contributed by atoms with van der Waals surface area (Å²) in [6.07, 6.45) is 2.21. The first-order valence-corrected chi connectivity index (χ1v) is 8.19. The van der Waals surface area contributed by atoms with E-state index in [2.05, 4.69) is 0 Å². The van der Waals surface area contributed by atoms with E-state index >= 15 is 0 Å². The predicted molar refractivity (Wildman–Crippen MR) is 84.2 cm³/mol. The summed E-state index contributed by atoms with van der Waals surface area (Å²) in [6.45, 7) is 0.992. The Morgan fingerprint density at radius 2 is 2.00 bits per heavy atom. The van der Waals surface area contributed by atoms with Crippen molar-refractivity contribution in [2.75, 3.05) is 13.1 Å². The number of carbonyl (C=O) groups excluding carboxylic acids is 1. The lowest BCUT2D eigenvalue weighted by Gasteiger charge is -2.31. The van der Waals surface area contributed by atoms with Crippen molar-refractivity contribution in [2.45, 2.75) is 25.2 Å². The number of carboxylic acids is 1. The molecule has 3 unspecified atom stereocenters. The van der Waals surface area contributed by atoms with Crippen molar-refractivity contribution in [3.63, 3.8) is 0 Å². The monoisotopic (exact) mass is 341 g/mol. The minimum atomic E-state index is -0.811. The summed E-state index contributed by atoms with van der Waals surface area (Å²) in [5.74, 6) is -1.05. The Labute approximate surface area is 139 Å². The van der Waals surface area contributed by atoms with Gasteiger partial charge in [0, 0.05) is 19.0 Å². The molecule has 1 aromatic carbocycles. The molecule has 1 heterocycles. The van der Waals surface area contributed by atoms with Crippen LogP contribution in [0.15, 0.2) is 18.2 Å². The molecule has 0 spiro atoms. The lowest BCUT2D eigenvalue weighted by molar-refractivity contribution is -0.146. The van der Waals surface area contributed by atoms with Crippen LogP contribution in [-0.4, -0.2) is 35.0 Å². The minimum absolute atomic E-state index is 0.0511. The van der Waals surface area contributed by atoms with E-state index in [9.17, 15) is 9.59 Å². The van der Waals surface area contributed by atoms with Gasteiger partial charge in [-0.15, -0.1) is 0 Å². The van der Waals surface area contributed by atoms with Gasteiger partial charge in [-0.05, 0) is 42.9 Å². The first-order valence-electron chi connectivity index (χ1n) is 7.44. The molecule has 1 aliphatic heterocycles. The number of halogens is 2. The van der Waals surface area contributed by atoms with Gasteiger partial charge in [0.15, 0.2) is 0 Å². The first-order chi connectivity index (χ1) is 10.5. The van der Waals surface area contributed by atoms with Crippen LogP contribution in [0.25, 0.3) is 0 Å². The van der Waals surface area contributed by atoms with Crippen molar-refractivity contribution in [3.8, 4) is 0 Å². The van der Waals surface area contributed by atoms with Crippen LogP contribution in [0.3, 0.4) is 0 Å². The van der Waals surface area contributed by atoms with Crippen LogP contribution in [0.4, 0.5) is 0 Å². The van der Waals surface area contributed by atoms with E-state index in [1.54, 1.807) is 11.0 Å². The summed E-state index contributed by atoms with van der Waals surface area (Å²) in [5, 5.41) is 10.1. The van der Waals surface area contributed by atoms with Crippen LogP contribution in [0.5, 0.6) is 0 Å². The molecule has 1 saturated heterocycles. The van der Waals surface area contributed by atoms with Gasteiger partial charge < -0.3 is 10.0 Å². The molecule has 1 N–H and O–H groups in total. The molecule has 4 nitrogen and oxygen atoms in total. The maximum absolute atomic E-state index is 12.5. The highest BCUT2D eigenvalue weighted by molar-refractivity contribution is 6.42. The van der Waals surface area contributed by atoms with Crippen molar-refractivity contribution in [1.82, 2.24) is 4.90 Å². The van der Waals surface area contributed by atoms with Crippen LogP contribution in [0, 0.1) is 11.8 Å². The maximum atomic E-state index is 12.5. The van der Waals surface area contributed by atoms with Gasteiger partial charge in [-0.25, -0.2) is 0 Å². The molecule has 0 bridgehead atoms. The van der Waals surface area contributed by atoms with Gasteiger partial charge in [0.1, 0.15) is 0 Å². The predicted octanol–water partition coefficient (Wildman–Crippen LogP) is 3.42. The molecule has 0 aromatic heterocycles. The van der Waals surface area contributed by atoms with Crippen molar-refractivity contribution >= 4 is 35.1 Å². The Balaban J connectivity index is 1.65. The number of hydrogen-bond donors (Lipinski definition) is 1. The van der Waals surface area contributed by atoms with Crippen LogP contribution in [-0.2, 0) is 9.59 Å². The Kier molecular flexibility index (Phi) is 4.33. The number of carbonyl (C=O) groups is 2. The number of likely N-dealkylation sites (tertiary alicyclic amines) is 1. The zero-order valence-corrected chi connectivity index (χ0v) is 13.5. The topological polar surface area (TPSA) is 57.6 Å². The summed E-state index contributed by atoms with van der Waals surface area (Å²) < 4.78 is 0. The summed E-state index contributed by atoms with van der Waals surface area (Å²) in [4.78, 5) is 25.3. The smallest absolute Gasteiger partial charge is 0.308 e. The molecule has 1 aromatic rings. The number of carboxylic acid groups (broad SMARTS) is 1. The van der Waals surface area contributed by atoms with E-state index < -0.39 is 11.9 Å². The number of hydrogen-bond acceptors (Lipinski definition) is 2. The zero-order valence-electron chi connectivity index (χ0n) is 12.0. The molecular formula is C16H17Cl2NO3. The van der Waals surface area contributed by atoms with Crippen LogP contribution < -0.4 is 0 Å². The molecule has 22 heavy (non-hydrogen) atoms. The summed E-state index contributed by atoms with van der Waals surface area (Å²) in [6, 6.07) is 5.47. The summed E-state index contributed by atoms with van der Waals surface area (Å²) in [5.41, 5.74) is 1.03. The van der Waals surface area contributed by atoms with Gasteiger partial charge >= 0.3 is 5.97 Å². The molecule has 3 rings (SSSR count). The molecule has 118 valence electrons. The van der Waals surface area contributed by atoms with Crippen molar-refractivity contribution in [2.24, 2.45) is 11.8 Å². The molecule has 1 saturated carbocycles. The number of aliphatic carboxylic acids is 1. The molecule has 3 atom stereocenters. The molecule has 6 heteroatoms. The number of nitrogens with zero attached hydrogens (tertiary/aromatic N) is 1. The quantitative estimate of drug-likeness (QED) is 0.916. The Hall–Kier alpha value is -1.26. The SMILES string of the molecule is O=C(O)C1CCCN(C(=O)C2CC2c2ccc(Cl)c(Cl)c2)C1. The molecule has 1 aliphatic carbocycles. The number of rotatable bonds is 3. The van der Waals surface area contributed by atoms with E-state index in [1.807, 2.05) is 12.1 Å². The fourth-order valence-electron chi connectivity index (χ4n) is 3.19. The second-order valence-electron chi connectivity index (χ2n) is 6.08. The van der Waals surface area contributed by atoms with Crippen molar-refractivity contribution in [3.05, 3.63) is 33.8 Å². The number of piperidine rings is 1. The van der Waals surface area contributed by atoms with Gasteiger partial charge in [-0.1, -0.05) is 29.3 Å². The van der Waals surface area contributed by atoms with Gasteiger partial charge in [0.05, 0.1) is 16.0 Å². The van der Waals surface area contributed by atoms with Gasteiger partial charge in [-0.2, -0.15) is 0 Å². The second-order valence-corrected chi connectivity index (χ2v) is 6.90. The lowest BCUT2D eigenvalue weighted by Crippen LogP contribution is -2.43. The minimum Gasteiger partial charge on any atom is -0.481 e. The second kappa shape index (κ2) is 6.09. The summed E-state index contributed by atoms with van der Waals surface area (Å²) in [7, 11) is 0. The Bertz CT molecular complexity index is 619. The standard InChI is InChI=1S/C16H17Cl2NO3/c17-13-4-3-9(6-14(13)18)11-7-12(11)15(20)19-5-1-2-10(8-19)16(21)22/h3-4,6,10-12H,1-2,5,7-8H2,(H,21,22). The average Bonchev–Trinajstić information content (AvgIpc) is 3.30. The Morgan fingerprint density at radius 1 is 1.23 bits per heavy atom. The lowest BCUT2D eigenvalue weighted by atomic mass is 9.97. The highest BCUT2D eigenvalue weighted by Gasteiger charge is 2.46. The third-order valence-electron chi connectivity index (χ3n) is 4.56. The maximum Gasteiger partial charge on any atom is 0.308 e. The summed E-state index contributed by atoms with van der Waals surface area (Å²) >= 11 is 11.9. The molecular weight excluding hydrogens is 325 g/mol. The highest BCUT2D eigenvalue weighted by atomic mass is 35.5. The molecule has 2 fully saturated rings. The number of amides is 1. The molecule has 0 radical (unpaired) electrons. The Morgan fingerprint density at radius 3 is 2.68 bits per heavy atom. The average molecular weight is 342 g/mol. The highest BCUT2D eigenvalue weighted by Crippen LogP contribution is 2.49. The van der Waals surface area contributed by atoms with Crippen LogP contribution >= 0.6 is 23.2 Å². The fraction of sp³-hybridized carbons (Fsp3) is 0.500. The van der Waals surface area contributed by atoms with Gasteiger partial charge in [-0.3, -0.25) is 9.59 Å². The number of benzene rings is 1. The van der Waals surface area contributed by atoms with E-state index in [-0.39, 0.29) is 17.7 Å². The van der Waals surface area contributed by atoms with E-state index in [0.717, 1.165) is 18.4 Å². The van der Waals surface area contributed by atoms with Gasteiger partial charge in [0.2, 0.25) is 5.91 Å². The van der Waals surface area contributed by atoms with Gasteiger partial charge in [0.25, 0.3) is 0 Å². The van der Waals surface area contributed by atoms with Crippen molar-refractivity contribution in [1.29, 1.82) is 0 Å². The van der Waals surface area contributed by atoms with E-state index in [1.165, 1.54) is 0 Å². The fourth-order valence-corrected chi connectivity index (χ4v) is 3.50.